The first-order chi connectivity index (χ1) is 9.85. The Bertz CT molecular complexity index is 622. The van der Waals surface area contributed by atoms with E-state index in [1.165, 1.54) is 0 Å². The standard InChI is InChI=1S/C13H18F2N2O3S/c1-8-10(2-3-20-8)7-17-21(18,19)12-5-9(6-16)4-11(14)13(12)15/h4-5,8,10,17H,2-3,6-7,16H2,1H3. The second kappa shape index (κ2) is 6.35. The highest BCUT2D eigenvalue weighted by Gasteiger charge is 2.28. The maximum absolute atomic E-state index is 13.7. The quantitative estimate of drug-likeness (QED) is 0.852. The Labute approximate surface area is 122 Å². The Balaban J connectivity index is 2.21. The molecule has 0 saturated carbocycles. The van der Waals surface area contributed by atoms with Gasteiger partial charge in [0.15, 0.2) is 11.6 Å². The molecule has 21 heavy (non-hydrogen) atoms. The van der Waals surface area contributed by atoms with E-state index in [1.807, 2.05) is 6.92 Å². The Morgan fingerprint density at radius 3 is 2.71 bits per heavy atom. The highest BCUT2D eigenvalue weighted by Crippen LogP contribution is 2.22. The van der Waals surface area contributed by atoms with E-state index in [-0.39, 0.29) is 30.7 Å². The van der Waals surface area contributed by atoms with Gasteiger partial charge in [-0.15, -0.1) is 0 Å². The fraction of sp³-hybridized carbons (Fsp3) is 0.538. The van der Waals surface area contributed by atoms with Gasteiger partial charge in [-0.2, -0.15) is 0 Å². The zero-order valence-corrected chi connectivity index (χ0v) is 12.4. The Morgan fingerprint density at radius 2 is 2.14 bits per heavy atom. The van der Waals surface area contributed by atoms with Gasteiger partial charge >= 0.3 is 0 Å². The van der Waals surface area contributed by atoms with E-state index < -0.39 is 26.6 Å². The summed E-state index contributed by atoms with van der Waals surface area (Å²) in [6.45, 7) is 2.46. The van der Waals surface area contributed by atoms with Crippen LogP contribution in [0.25, 0.3) is 0 Å². The molecule has 2 atom stereocenters. The lowest BCUT2D eigenvalue weighted by Gasteiger charge is -2.15. The molecule has 1 aliphatic heterocycles. The van der Waals surface area contributed by atoms with Crippen LogP contribution in [0.1, 0.15) is 18.9 Å². The van der Waals surface area contributed by atoms with Crippen LogP contribution in [0.4, 0.5) is 8.78 Å². The summed E-state index contributed by atoms with van der Waals surface area (Å²) >= 11 is 0. The molecule has 0 spiro atoms. The van der Waals surface area contributed by atoms with Crippen molar-refractivity contribution in [2.45, 2.75) is 30.9 Å². The molecule has 0 aliphatic carbocycles. The van der Waals surface area contributed by atoms with Crippen LogP contribution in [-0.2, 0) is 21.3 Å². The molecule has 2 rings (SSSR count). The highest BCUT2D eigenvalue weighted by atomic mass is 32.2. The number of ether oxygens (including phenoxy) is 1. The number of benzene rings is 1. The van der Waals surface area contributed by atoms with Crippen LogP contribution in [0.3, 0.4) is 0 Å². The maximum atomic E-state index is 13.7. The predicted molar refractivity (Wildman–Crippen MR) is 73.0 cm³/mol. The summed E-state index contributed by atoms with van der Waals surface area (Å²) in [4.78, 5) is -0.713. The van der Waals surface area contributed by atoms with Crippen molar-refractivity contribution < 1.29 is 21.9 Å². The van der Waals surface area contributed by atoms with Gasteiger partial charge in [0.25, 0.3) is 0 Å². The van der Waals surface area contributed by atoms with Crippen LogP contribution in [0.2, 0.25) is 0 Å². The summed E-state index contributed by atoms with van der Waals surface area (Å²) in [5.41, 5.74) is 5.57. The summed E-state index contributed by atoms with van der Waals surface area (Å²) in [6.07, 6.45) is 0.660. The molecule has 1 saturated heterocycles. The van der Waals surface area contributed by atoms with Crippen molar-refractivity contribution in [1.82, 2.24) is 4.72 Å². The first-order valence-corrected chi connectivity index (χ1v) is 8.12. The predicted octanol–water partition coefficient (Wildman–Crippen LogP) is 1.13. The molecule has 1 aliphatic rings. The molecular formula is C13H18F2N2O3S. The molecule has 0 amide bonds. The Morgan fingerprint density at radius 1 is 1.43 bits per heavy atom. The van der Waals surface area contributed by atoms with Crippen LogP contribution in [-0.4, -0.2) is 27.7 Å². The van der Waals surface area contributed by atoms with E-state index in [4.69, 9.17) is 10.5 Å². The summed E-state index contributed by atoms with van der Waals surface area (Å²) in [5, 5.41) is 0. The van der Waals surface area contributed by atoms with Crippen molar-refractivity contribution in [3.8, 4) is 0 Å². The summed E-state index contributed by atoms with van der Waals surface area (Å²) < 4.78 is 59.1. The van der Waals surface area contributed by atoms with Crippen molar-refractivity contribution >= 4 is 10.0 Å². The number of sulfonamides is 1. The van der Waals surface area contributed by atoms with Gasteiger partial charge in [-0.25, -0.2) is 21.9 Å². The van der Waals surface area contributed by atoms with Crippen molar-refractivity contribution in [1.29, 1.82) is 0 Å². The lowest BCUT2D eigenvalue weighted by Crippen LogP contribution is -2.32. The zero-order valence-electron chi connectivity index (χ0n) is 11.6. The van der Waals surface area contributed by atoms with Gasteiger partial charge in [-0.05, 0) is 31.0 Å². The lowest BCUT2D eigenvalue weighted by atomic mass is 10.0. The molecule has 0 radical (unpaired) electrons. The average Bonchev–Trinajstić information content (AvgIpc) is 2.84. The zero-order chi connectivity index (χ0) is 15.6. The number of hydrogen-bond acceptors (Lipinski definition) is 4. The van der Waals surface area contributed by atoms with E-state index in [2.05, 4.69) is 4.72 Å². The Hall–Kier alpha value is -1.09. The normalized spacial score (nSPS) is 22.7. The summed E-state index contributed by atoms with van der Waals surface area (Å²) in [5.74, 6) is -2.60. The molecule has 2 unspecified atom stereocenters. The van der Waals surface area contributed by atoms with Crippen LogP contribution < -0.4 is 10.5 Å². The van der Waals surface area contributed by atoms with Crippen molar-refractivity contribution in [2.24, 2.45) is 11.7 Å². The molecule has 1 aromatic rings. The van der Waals surface area contributed by atoms with Crippen molar-refractivity contribution in [2.75, 3.05) is 13.2 Å². The second-order valence-corrected chi connectivity index (χ2v) is 6.81. The largest absolute Gasteiger partial charge is 0.378 e. The molecule has 1 fully saturated rings. The van der Waals surface area contributed by atoms with Crippen LogP contribution in [0, 0.1) is 17.6 Å². The van der Waals surface area contributed by atoms with E-state index >= 15 is 0 Å². The number of nitrogens with two attached hydrogens (primary N) is 1. The van der Waals surface area contributed by atoms with Gasteiger partial charge in [-0.1, -0.05) is 0 Å². The molecule has 8 heteroatoms. The third-order valence-corrected chi connectivity index (χ3v) is 5.07. The highest BCUT2D eigenvalue weighted by molar-refractivity contribution is 7.89. The smallest absolute Gasteiger partial charge is 0.243 e. The topological polar surface area (TPSA) is 81.4 Å². The first-order valence-electron chi connectivity index (χ1n) is 6.64. The van der Waals surface area contributed by atoms with Crippen LogP contribution >= 0.6 is 0 Å². The number of nitrogens with one attached hydrogen (secondary N) is 1. The lowest BCUT2D eigenvalue weighted by molar-refractivity contribution is 0.107. The van der Waals surface area contributed by atoms with Crippen LogP contribution in [0.15, 0.2) is 17.0 Å². The minimum atomic E-state index is -4.13. The van der Waals surface area contributed by atoms with Gasteiger partial charge in [0, 0.05) is 25.6 Å². The van der Waals surface area contributed by atoms with E-state index in [0.29, 0.717) is 6.61 Å². The minimum absolute atomic E-state index is 0.0189. The Kier molecular flexibility index (Phi) is 4.92. The third-order valence-electron chi connectivity index (χ3n) is 3.65. The maximum Gasteiger partial charge on any atom is 0.243 e. The SMILES string of the molecule is CC1OCCC1CNS(=O)(=O)c1cc(CN)cc(F)c1F. The van der Waals surface area contributed by atoms with E-state index in [9.17, 15) is 17.2 Å². The fourth-order valence-electron chi connectivity index (χ4n) is 2.27. The monoisotopic (exact) mass is 320 g/mol. The average molecular weight is 320 g/mol. The number of hydrogen-bond donors (Lipinski definition) is 2. The van der Waals surface area contributed by atoms with Gasteiger partial charge in [0.05, 0.1) is 6.10 Å². The number of halogens is 2. The molecule has 118 valence electrons. The summed E-state index contributed by atoms with van der Waals surface area (Å²) in [7, 11) is -4.13. The molecule has 1 aromatic carbocycles. The second-order valence-electron chi connectivity index (χ2n) is 5.07. The first kappa shape index (κ1) is 16.3. The third kappa shape index (κ3) is 3.57. The fourth-order valence-corrected chi connectivity index (χ4v) is 3.50. The van der Waals surface area contributed by atoms with Gasteiger partial charge in [0.2, 0.25) is 10.0 Å². The molecule has 0 aromatic heterocycles. The van der Waals surface area contributed by atoms with Gasteiger partial charge in [0.1, 0.15) is 4.90 Å². The number of rotatable bonds is 5. The van der Waals surface area contributed by atoms with Crippen molar-refractivity contribution in [3.63, 3.8) is 0 Å². The van der Waals surface area contributed by atoms with E-state index in [0.717, 1.165) is 18.6 Å². The molecule has 0 bridgehead atoms. The minimum Gasteiger partial charge on any atom is -0.378 e. The molecular weight excluding hydrogens is 302 g/mol. The van der Waals surface area contributed by atoms with E-state index in [1.54, 1.807) is 0 Å². The summed E-state index contributed by atoms with van der Waals surface area (Å²) in [6, 6.07) is 1.94. The van der Waals surface area contributed by atoms with Gasteiger partial charge in [-0.3, -0.25) is 0 Å². The molecule has 5 nitrogen and oxygen atoms in total. The van der Waals surface area contributed by atoms with Crippen molar-refractivity contribution in [3.05, 3.63) is 29.3 Å². The molecule has 1 heterocycles. The molecule has 3 N–H and O–H groups in total. The van der Waals surface area contributed by atoms with Gasteiger partial charge < -0.3 is 10.5 Å². The van der Waals surface area contributed by atoms with Crippen LogP contribution in [0.5, 0.6) is 0 Å².